The molecule has 5 nitrogen and oxygen atoms in total. The normalized spacial score (nSPS) is 10.7. The summed E-state index contributed by atoms with van der Waals surface area (Å²) in [5, 5.41) is 15.6. The lowest BCUT2D eigenvalue weighted by atomic mass is 10.2. The lowest BCUT2D eigenvalue weighted by Crippen LogP contribution is -1.98. The van der Waals surface area contributed by atoms with Gasteiger partial charge in [-0.05, 0) is 24.3 Å². The quantitative estimate of drug-likeness (QED) is 0.754. The molecule has 0 atom stereocenters. The molecule has 0 aliphatic carbocycles. The zero-order chi connectivity index (χ0) is 14.7. The molecule has 3 aromatic rings. The lowest BCUT2D eigenvalue weighted by Gasteiger charge is -2.04. The average molecular weight is 299 g/mol. The highest BCUT2D eigenvalue weighted by molar-refractivity contribution is 7.13. The number of carboxylic acids is 1. The second kappa shape index (κ2) is 5.88. The zero-order valence-corrected chi connectivity index (χ0v) is 11.9. The molecule has 1 aromatic carbocycles. The summed E-state index contributed by atoms with van der Waals surface area (Å²) < 4.78 is 0. The molecule has 6 heteroatoms. The van der Waals surface area contributed by atoms with Crippen LogP contribution in [0.5, 0.6) is 0 Å². The summed E-state index contributed by atoms with van der Waals surface area (Å²) in [6.07, 6.45) is 2.32. The number of aromatic nitrogens is 2. The van der Waals surface area contributed by atoms with Gasteiger partial charge in [-0.15, -0.1) is 11.3 Å². The fourth-order valence-electron chi connectivity index (χ4n) is 1.99. The summed E-state index contributed by atoms with van der Waals surface area (Å²) in [5.74, 6) is -0.806. The Labute approximate surface area is 125 Å². The molecular weight excluding hydrogens is 286 g/mol. The van der Waals surface area contributed by atoms with Crippen LogP contribution < -0.4 is 5.32 Å². The van der Waals surface area contributed by atoms with E-state index in [2.05, 4.69) is 15.3 Å². The Morgan fingerprint density at radius 1 is 1.33 bits per heavy atom. The second-order valence-electron chi connectivity index (χ2n) is 4.57. The molecule has 0 saturated heterocycles. The van der Waals surface area contributed by atoms with Gasteiger partial charge in [0.2, 0.25) is 0 Å². The fraction of sp³-hybridized carbons (Fsp3) is 0.133. The molecular formula is C15H13N3O2S. The largest absolute Gasteiger partial charge is 0.481 e. The van der Waals surface area contributed by atoms with Crippen LogP contribution in [0.4, 0.5) is 10.8 Å². The number of hydrogen-bond acceptors (Lipinski definition) is 5. The Hall–Kier alpha value is -2.47. The first-order valence-corrected chi connectivity index (χ1v) is 7.37. The van der Waals surface area contributed by atoms with Crippen LogP contribution in [0.15, 0.2) is 41.9 Å². The van der Waals surface area contributed by atoms with E-state index in [1.807, 2.05) is 35.7 Å². The summed E-state index contributed by atoms with van der Waals surface area (Å²) >= 11 is 1.47. The van der Waals surface area contributed by atoms with Crippen LogP contribution in [-0.4, -0.2) is 21.0 Å². The number of aliphatic carboxylic acids is 1. The van der Waals surface area contributed by atoms with E-state index in [9.17, 15) is 4.79 Å². The highest BCUT2D eigenvalue weighted by atomic mass is 32.1. The van der Waals surface area contributed by atoms with E-state index in [-0.39, 0.29) is 6.42 Å². The number of thiazole rings is 1. The van der Waals surface area contributed by atoms with Gasteiger partial charge in [0.15, 0.2) is 5.13 Å². The summed E-state index contributed by atoms with van der Waals surface area (Å²) in [6.45, 7) is 0. The summed E-state index contributed by atoms with van der Waals surface area (Å²) in [4.78, 5) is 19.2. The molecule has 2 aromatic heterocycles. The number of carboxylic acid groups (broad SMARTS) is 1. The molecule has 2 N–H and O–H groups in total. The van der Waals surface area contributed by atoms with E-state index in [1.54, 1.807) is 6.20 Å². The standard InChI is InChI=1S/C15H13N3O2S/c19-14(20)6-4-12-9-21-15(18-12)17-11-3-5-13-10(8-11)2-1-7-16-13/h1-3,5,7-9H,4,6H2,(H,17,18)(H,19,20). The number of fused-ring (bicyclic) bond motifs is 1. The number of benzene rings is 1. The van der Waals surface area contributed by atoms with Gasteiger partial charge in [-0.3, -0.25) is 9.78 Å². The Balaban J connectivity index is 1.74. The topological polar surface area (TPSA) is 75.1 Å². The van der Waals surface area contributed by atoms with Crippen LogP contribution in [-0.2, 0) is 11.2 Å². The molecule has 0 bridgehead atoms. The van der Waals surface area contributed by atoms with Crippen LogP contribution in [0.25, 0.3) is 10.9 Å². The van der Waals surface area contributed by atoms with E-state index < -0.39 is 5.97 Å². The van der Waals surface area contributed by atoms with Crippen molar-refractivity contribution in [3.63, 3.8) is 0 Å². The Kier molecular flexibility index (Phi) is 3.79. The maximum absolute atomic E-state index is 10.5. The maximum Gasteiger partial charge on any atom is 0.303 e. The first kappa shape index (κ1) is 13.5. The van der Waals surface area contributed by atoms with E-state index >= 15 is 0 Å². The van der Waals surface area contributed by atoms with Gasteiger partial charge >= 0.3 is 5.97 Å². The van der Waals surface area contributed by atoms with Gasteiger partial charge in [0.1, 0.15) is 0 Å². The van der Waals surface area contributed by atoms with Crippen molar-refractivity contribution in [1.29, 1.82) is 0 Å². The van der Waals surface area contributed by atoms with Gasteiger partial charge in [-0.1, -0.05) is 6.07 Å². The number of pyridine rings is 1. The third kappa shape index (κ3) is 3.35. The van der Waals surface area contributed by atoms with Crippen LogP contribution in [0.1, 0.15) is 12.1 Å². The highest BCUT2D eigenvalue weighted by Crippen LogP contribution is 2.24. The predicted molar refractivity (Wildman–Crippen MR) is 83.1 cm³/mol. The minimum atomic E-state index is -0.806. The molecule has 21 heavy (non-hydrogen) atoms. The monoisotopic (exact) mass is 299 g/mol. The first-order chi connectivity index (χ1) is 10.2. The van der Waals surface area contributed by atoms with Gasteiger partial charge in [0.05, 0.1) is 17.6 Å². The van der Waals surface area contributed by atoms with Crippen molar-refractivity contribution < 1.29 is 9.90 Å². The molecule has 106 valence electrons. The first-order valence-electron chi connectivity index (χ1n) is 6.49. The minimum Gasteiger partial charge on any atom is -0.481 e. The van der Waals surface area contributed by atoms with Crippen LogP contribution in [0.3, 0.4) is 0 Å². The number of anilines is 2. The number of rotatable bonds is 5. The Morgan fingerprint density at radius 3 is 3.10 bits per heavy atom. The van der Waals surface area contributed by atoms with Crippen molar-refractivity contribution in [2.45, 2.75) is 12.8 Å². The van der Waals surface area contributed by atoms with Crippen molar-refractivity contribution in [1.82, 2.24) is 9.97 Å². The van der Waals surface area contributed by atoms with E-state index in [4.69, 9.17) is 5.11 Å². The Morgan fingerprint density at radius 2 is 2.24 bits per heavy atom. The third-order valence-corrected chi connectivity index (χ3v) is 3.81. The summed E-state index contributed by atoms with van der Waals surface area (Å²) in [5.41, 5.74) is 2.69. The SMILES string of the molecule is O=C(O)CCc1csc(Nc2ccc3ncccc3c2)n1. The molecule has 0 fully saturated rings. The minimum absolute atomic E-state index is 0.102. The van der Waals surface area contributed by atoms with Crippen molar-refractivity contribution in [2.24, 2.45) is 0 Å². The summed E-state index contributed by atoms with van der Waals surface area (Å²) in [6, 6.07) is 9.83. The lowest BCUT2D eigenvalue weighted by molar-refractivity contribution is -0.136. The fourth-order valence-corrected chi connectivity index (χ4v) is 2.76. The molecule has 0 amide bonds. The van der Waals surface area contributed by atoms with Gasteiger partial charge in [0.25, 0.3) is 0 Å². The zero-order valence-electron chi connectivity index (χ0n) is 11.1. The average Bonchev–Trinajstić information content (AvgIpc) is 2.92. The highest BCUT2D eigenvalue weighted by Gasteiger charge is 2.05. The molecule has 2 heterocycles. The molecule has 0 saturated carbocycles. The van der Waals surface area contributed by atoms with E-state index in [0.29, 0.717) is 6.42 Å². The van der Waals surface area contributed by atoms with Gasteiger partial charge in [-0.25, -0.2) is 4.98 Å². The second-order valence-corrected chi connectivity index (χ2v) is 5.43. The van der Waals surface area contributed by atoms with Crippen molar-refractivity contribution in [3.05, 3.63) is 47.6 Å². The molecule has 0 aliphatic heterocycles. The van der Waals surface area contributed by atoms with Gasteiger partial charge < -0.3 is 10.4 Å². The number of nitrogens with one attached hydrogen (secondary N) is 1. The van der Waals surface area contributed by atoms with Crippen molar-refractivity contribution in [3.8, 4) is 0 Å². The molecule has 0 radical (unpaired) electrons. The number of hydrogen-bond donors (Lipinski definition) is 2. The number of aryl methyl sites for hydroxylation is 1. The Bertz CT molecular complexity index is 785. The smallest absolute Gasteiger partial charge is 0.303 e. The predicted octanol–water partition coefficient (Wildman–Crippen LogP) is 3.45. The van der Waals surface area contributed by atoms with Crippen molar-refractivity contribution in [2.75, 3.05) is 5.32 Å². The van der Waals surface area contributed by atoms with E-state index in [1.165, 1.54) is 11.3 Å². The molecule has 0 unspecified atom stereocenters. The number of carbonyl (C=O) groups is 1. The van der Waals surface area contributed by atoms with Gasteiger partial charge in [0, 0.05) is 29.1 Å². The molecule has 3 rings (SSSR count). The maximum atomic E-state index is 10.5. The number of nitrogens with zero attached hydrogens (tertiary/aromatic N) is 2. The van der Waals surface area contributed by atoms with Crippen LogP contribution in [0.2, 0.25) is 0 Å². The van der Waals surface area contributed by atoms with Gasteiger partial charge in [-0.2, -0.15) is 0 Å². The third-order valence-electron chi connectivity index (χ3n) is 3.00. The van der Waals surface area contributed by atoms with Crippen LogP contribution >= 0.6 is 11.3 Å². The van der Waals surface area contributed by atoms with Crippen molar-refractivity contribution >= 4 is 39.0 Å². The van der Waals surface area contributed by atoms with E-state index in [0.717, 1.165) is 27.4 Å². The summed E-state index contributed by atoms with van der Waals surface area (Å²) in [7, 11) is 0. The molecule has 0 aliphatic rings. The van der Waals surface area contributed by atoms with Crippen LogP contribution in [0, 0.1) is 0 Å². The molecule has 0 spiro atoms.